The molecule has 1 fully saturated rings. The van der Waals surface area contributed by atoms with E-state index in [1.165, 1.54) is 23.6 Å². The van der Waals surface area contributed by atoms with E-state index in [0.29, 0.717) is 5.75 Å². The molecule has 30 heavy (non-hydrogen) atoms. The van der Waals surface area contributed by atoms with E-state index in [1.807, 2.05) is 60.7 Å². The maximum Gasteiger partial charge on any atom is 0.357 e. The fourth-order valence-electron chi connectivity index (χ4n) is 3.60. The number of nitrogens with zero attached hydrogens (tertiary/aromatic N) is 1. The molecule has 0 saturated carbocycles. The van der Waals surface area contributed by atoms with Crippen LogP contribution in [0.2, 0.25) is 0 Å². The van der Waals surface area contributed by atoms with E-state index < -0.39 is 18.1 Å². The number of nitrogens with two attached hydrogens (primary N) is 1. The van der Waals surface area contributed by atoms with Crippen LogP contribution in [-0.4, -0.2) is 39.9 Å². The lowest BCUT2D eigenvalue weighted by molar-refractivity contribution is -0.154. The zero-order chi connectivity index (χ0) is 21.3. The topological polar surface area (TPSA) is 102 Å². The van der Waals surface area contributed by atoms with Crippen LogP contribution in [-0.2, 0) is 19.1 Å². The molecule has 3 N–H and O–H groups in total. The maximum absolute atomic E-state index is 13.2. The van der Waals surface area contributed by atoms with Gasteiger partial charge in [-0.1, -0.05) is 60.7 Å². The number of hydrogen-bond acceptors (Lipinski definition) is 6. The van der Waals surface area contributed by atoms with Crippen molar-refractivity contribution in [1.82, 2.24) is 10.2 Å². The highest BCUT2D eigenvalue weighted by Crippen LogP contribution is 2.40. The summed E-state index contributed by atoms with van der Waals surface area (Å²) in [6.45, 7) is 1.35. The number of benzene rings is 2. The van der Waals surface area contributed by atoms with Crippen molar-refractivity contribution in [2.75, 3.05) is 5.75 Å². The van der Waals surface area contributed by atoms with Gasteiger partial charge < -0.3 is 15.8 Å². The normalized spacial score (nSPS) is 20.5. The van der Waals surface area contributed by atoms with Crippen molar-refractivity contribution in [3.05, 3.63) is 83.2 Å². The van der Waals surface area contributed by atoms with Crippen molar-refractivity contribution < 1.29 is 19.1 Å². The van der Waals surface area contributed by atoms with Crippen molar-refractivity contribution in [3.8, 4) is 0 Å². The summed E-state index contributed by atoms with van der Waals surface area (Å²) in [6.07, 6.45) is -0.643. The highest BCUT2D eigenvalue weighted by Gasteiger charge is 2.54. The number of amides is 2. The summed E-state index contributed by atoms with van der Waals surface area (Å²) in [5.74, 6) is -0.956. The first-order valence-electron chi connectivity index (χ1n) is 9.48. The molecule has 1 saturated heterocycles. The number of β-lactam (4-membered cyclic amide) rings is 1. The maximum atomic E-state index is 13.2. The van der Waals surface area contributed by atoms with E-state index in [9.17, 15) is 14.4 Å². The molecule has 4 rings (SSSR count). The zero-order valence-corrected chi connectivity index (χ0v) is 17.1. The summed E-state index contributed by atoms with van der Waals surface area (Å²) < 4.78 is 5.88. The predicted octanol–water partition coefficient (Wildman–Crippen LogP) is 1.91. The Morgan fingerprint density at radius 1 is 1.10 bits per heavy atom. The summed E-state index contributed by atoms with van der Waals surface area (Å²) in [6, 6.07) is 18.1. The number of esters is 1. The van der Waals surface area contributed by atoms with Gasteiger partial charge in [-0.3, -0.25) is 14.5 Å². The van der Waals surface area contributed by atoms with Gasteiger partial charge in [-0.15, -0.1) is 11.8 Å². The minimum absolute atomic E-state index is 0.0576. The van der Waals surface area contributed by atoms with Gasteiger partial charge in [-0.25, -0.2) is 4.79 Å². The molecule has 2 amide bonds. The van der Waals surface area contributed by atoms with Crippen LogP contribution in [0.5, 0.6) is 0 Å². The van der Waals surface area contributed by atoms with E-state index in [1.54, 1.807) is 0 Å². The number of ether oxygens (including phenoxy) is 1. The van der Waals surface area contributed by atoms with Crippen molar-refractivity contribution in [3.63, 3.8) is 0 Å². The highest BCUT2D eigenvalue weighted by molar-refractivity contribution is 8.00. The molecule has 2 heterocycles. The third-order valence-corrected chi connectivity index (χ3v) is 6.28. The summed E-state index contributed by atoms with van der Waals surface area (Å²) in [5.41, 5.74) is 8.07. The Morgan fingerprint density at radius 3 is 2.20 bits per heavy atom. The molecular weight excluding hydrogens is 402 g/mol. The van der Waals surface area contributed by atoms with E-state index in [4.69, 9.17) is 10.5 Å². The fraction of sp³-hybridized carbons (Fsp3) is 0.227. The Morgan fingerprint density at radius 2 is 1.67 bits per heavy atom. The number of carbonyl (C=O) groups is 3. The predicted molar refractivity (Wildman–Crippen MR) is 113 cm³/mol. The molecule has 0 bridgehead atoms. The first-order valence-corrected chi connectivity index (χ1v) is 10.5. The van der Waals surface area contributed by atoms with Crippen LogP contribution in [0.25, 0.3) is 0 Å². The molecule has 2 aromatic rings. The van der Waals surface area contributed by atoms with E-state index in [0.717, 1.165) is 11.1 Å². The first-order chi connectivity index (χ1) is 14.5. The molecule has 1 unspecified atom stereocenters. The molecule has 2 atom stereocenters. The van der Waals surface area contributed by atoms with Gasteiger partial charge >= 0.3 is 5.97 Å². The van der Waals surface area contributed by atoms with Gasteiger partial charge in [-0.05, 0) is 11.1 Å². The molecule has 0 radical (unpaired) electrons. The van der Waals surface area contributed by atoms with E-state index >= 15 is 0 Å². The van der Waals surface area contributed by atoms with Crippen molar-refractivity contribution in [2.24, 2.45) is 5.73 Å². The minimum atomic E-state index is -0.664. The second-order valence-electron chi connectivity index (χ2n) is 7.07. The molecule has 8 heteroatoms. The monoisotopic (exact) mass is 423 g/mol. The van der Waals surface area contributed by atoms with E-state index in [-0.39, 0.29) is 28.6 Å². The lowest BCUT2D eigenvalue weighted by Gasteiger charge is -2.49. The smallest absolute Gasteiger partial charge is 0.357 e. The van der Waals surface area contributed by atoms with Crippen molar-refractivity contribution in [1.29, 1.82) is 0 Å². The van der Waals surface area contributed by atoms with Gasteiger partial charge in [0, 0.05) is 12.7 Å². The van der Waals surface area contributed by atoms with Crippen LogP contribution < -0.4 is 11.1 Å². The van der Waals surface area contributed by atoms with Gasteiger partial charge in [0.25, 0.3) is 5.91 Å². The summed E-state index contributed by atoms with van der Waals surface area (Å²) in [5, 5.41) is 2.26. The van der Waals surface area contributed by atoms with Gasteiger partial charge in [0.2, 0.25) is 5.91 Å². The highest BCUT2D eigenvalue weighted by atomic mass is 32.2. The Labute approximate surface area is 178 Å². The summed E-state index contributed by atoms with van der Waals surface area (Å²) in [4.78, 5) is 38.5. The standard InChI is InChI=1S/C22H21N3O4S/c1-13(26)24-17-20(27)25-18(16(23)12-30-21(17)25)22(28)29-19(14-8-4-2-5-9-14)15-10-6-3-7-11-15/h2-11,17,19,21H,12,23H2,1H3,(H,24,26)/t17?,21-/m0/s1. The molecular formula is C22H21N3O4S. The van der Waals surface area contributed by atoms with E-state index in [2.05, 4.69) is 5.32 Å². The minimum Gasteiger partial charge on any atom is -0.448 e. The van der Waals surface area contributed by atoms with Gasteiger partial charge in [0.1, 0.15) is 11.4 Å². The third-order valence-electron chi connectivity index (χ3n) is 4.98. The Kier molecular flexibility index (Phi) is 5.50. The number of nitrogens with one attached hydrogen (secondary N) is 1. The lowest BCUT2D eigenvalue weighted by atomic mass is 10.0. The van der Waals surface area contributed by atoms with Crippen molar-refractivity contribution in [2.45, 2.75) is 24.4 Å². The number of carbonyl (C=O) groups excluding carboxylic acids is 3. The van der Waals surface area contributed by atoms with Gasteiger partial charge in [0.05, 0.1) is 5.70 Å². The van der Waals surface area contributed by atoms with Gasteiger partial charge in [0.15, 0.2) is 11.8 Å². The molecule has 2 aliphatic heterocycles. The second-order valence-corrected chi connectivity index (χ2v) is 8.17. The molecule has 7 nitrogen and oxygen atoms in total. The average molecular weight is 423 g/mol. The molecule has 154 valence electrons. The molecule has 2 aliphatic rings. The average Bonchev–Trinajstić information content (AvgIpc) is 2.76. The van der Waals surface area contributed by atoms with Crippen LogP contribution in [0.15, 0.2) is 72.1 Å². The quantitative estimate of drug-likeness (QED) is 0.563. The van der Waals surface area contributed by atoms with Crippen LogP contribution in [0, 0.1) is 0 Å². The zero-order valence-electron chi connectivity index (χ0n) is 16.3. The largest absolute Gasteiger partial charge is 0.448 e. The second kappa shape index (κ2) is 8.23. The molecule has 0 aliphatic carbocycles. The lowest BCUT2D eigenvalue weighted by Crippen LogP contribution is -2.70. The Balaban J connectivity index is 1.61. The van der Waals surface area contributed by atoms with Crippen LogP contribution in [0.1, 0.15) is 24.2 Å². The number of thioether (sulfide) groups is 1. The van der Waals surface area contributed by atoms with Crippen molar-refractivity contribution >= 4 is 29.5 Å². The number of fused-ring (bicyclic) bond motifs is 1. The van der Waals surface area contributed by atoms with Crippen LogP contribution >= 0.6 is 11.8 Å². The fourth-order valence-corrected chi connectivity index (χ4v) is 4.82. The summed E-state index contributed by atoms with van der Waals surface area (Å²) >= 11 is 1.41. The molecule has 0 aromatic heterocycles. The Bertz CT molecular complexity index is 970. The SMILES string of the molecule is CC(=O)NC1C(=O)N2C(C(=O)OC(c3ccccc3)c3ccccc3)=C(N)CS[C@@H]12. The van der Waals surface area contributed by atoms with Crippen LogP contribution in [0.3, 0.4) is 0 Å². The summed E-state index contributed by atoms with van der Waals surface area (Å²) in [7, 11) is 0. The van der Waals surface area contributed by atoms with Crippen LogP contribution in [0.4, 0.5) is 0 Å². The molecule has 0 spiro atoms. The first kappa shape index (κ1) is 20.0. The van der Waals surface area contributed by atoms with Gasteiger partial charge in [-0.2, -0.15) is 0 Å². The third kappa shape index (κ3) is 3.66. The Hall–Kier alpha value is -3.26. The number of hydrogen-bond donors (Lipinski definition) is 2. The molecule has 2 aromatic carbocycles. The number of rotatable bonds is 5.